The highest BCUT2D eigenvalue weighted by Crippen LogP contribution is 2.13. The van der Waals surface area contributed by atoms with E-state index in [2.05, 4.69) is 16.7 Å². The molecule has 1 heterocycles. The fourth-order valence-corrected chi connectivity index (χ4v) is 1.31. The zero-order valence-electron chi connectivity index (χ0n) is 6.46. The first-order valence-electron chi connectivity index (χ1n) is 3.53. The minimum Gasteiger partial charge on any atom is -0.390 e. The van der Waals surface area contributed by atoms with Gasteiger partial charge < -0.3 is 10.0 Å². The summed E-state index contributed by atoms with van der Waals surface area (Å²) in [5.41, 5.74) is 0. The number of hydrogen-bond acceptors (Lipinski definition) is 2. The van der Waals surface area contributed by atoms with Crippen molar-refractivity contribution in [3.63, 3.8) is 0 Å². The van der Waals surface area contributed by atoms with Crippen LogP contribution in [0.4, 0.5) is 0 Å². The predicted octanol–water partition coefficient (Wildman–Crippen LogP) is -0.0678. The number of aliphatic hydroxyl groups excluding tert-OH is 1. The van der Waals surface area contributed by atoms with E-state index in [9.17, 15) is 5.11 Å². The van der Waals surface area contributed by atoms with Crippen molar-refractivity contribution in [2.75, 3.05) is 20.1 Å². The van der Waals surface area contributed by atoms with Gasteiger partial charge in [-0.15, -0.1) is 5.92 Å². The SMILES string of the molecule is CC#C[C@@H]1CN(C)C[C@H]1O. The molecule has 56 valence electrons. The lowest BCUT2D eigenvalue weighted by molar-refractivity contribution is 0.163. The molecule has 1 rings (SSSR count). The average Bonchev–Trinajstić information content (AvgIpc) is 2.13. The number of rotatable bonds is 0. The predicted molar refractivity (Wildman–Crippen MR) is 40.4 cm³/mol. The Hall–Kier alpha value is -0.520. The monoisotopic (exact) mass is 139 g/mol. The van der Waals surface area contributed by atoms with Gasteiger partial charge in [0.1, 0.15) is 0 Å². The molecule has 1 fully saturated rings. The molecule has 2 heteroatoms. The maximum Gasteiger partial charge on any atom is 0.0816 e. The van der Waals surface area contributed by atoms with Gasteiger partial charge in [-0.1, -0.05) is 5.92 Å². The molecular weight excluding hydrogens is 126 g/mol. The summed E-state index contributed by atoms with van der Waals surface area (Å²) in [5.74, 6) is 5.98. The lowest BCUT2D eigenvalue weighted by Gasteiger charge is -2.02. The molecule has 0 radical (unpaired) electrons. The summed E-state index contributed by atoms with van der Waals surface area (Å²) in [5, 5.41) is 9.35. The van der Waals surface area contributed by atoms with Gasteiger partial charge in [-0.05, 0) is 14.0 Å². The number of likely N-dealkylation sites (tertiary alicyclic amines) is 1. The van der Waals surface area contributed by atoms with E-state index in [1.54, 1.807) is 0 Å². The second kappa shape index (κ2) is 3.05. The van der Waals surface area contributed by atoms with Crippen molar-refractivity contribution >= 4 is 0 Å². The van der Waals surface area contributed by atoms with E-state index >= 15 is 0 Å². The van der Waals surface area contributed by atoms with Gasteiger partial charge in [-0.2, -0.15) is 0 Å². The zero-order valence-corrected chi connectivity index (χ0v) is 6.46. The Morgan fingerprint density at radius 2 is 2.20 bits per heavy atom. The molecule has 0 aromatic heterocycles. The van der Waals surface area contributed by atoms with Crippen molar-refractivity contribution in [3.05, 3.63) is 0 Å². The normalized spacial score (nSPS) is 33.5. The van der Waals surface area contributed by atoms with Crippen LogP contribution in [0.2, 0.25) is 0 Å². The summed E-state index contributed by atoms with van der Waals surface area (Å²) in [7, 11) is 2.00. The van der Waals surface area contributed by atoms with E-state index < -0.39 is 0 Å². The van der Waals surface area contributed by atoms with Crippen molar-refractivity contribution in [3.8, 4) is 11.8 Å². The highest BCUT2D eigenvalue weighted by atomic mass is 16.3. The third kappa shape index (κ3) is 1.50. The molecule has 2 nitrogen and oxygen atoms in total. The molecule has 1 aliphatic heterocycles. The highest BCUT2D eigenvalue weighted by molar-refractivity contribution is 5.07. The minimum atomic E-state index is -0.238. The Morgan fingerprint density at radius 1 is 1.50 bits per heavy atom. The van der Waals surface area contributed by atoms with E-state index in [1.165, 1.54) is 0 Å². The van der Waals surface area contributed by atoms with Gasteiger partial charge in [0.15, 0.2) is 0 Å². The van der Waals surface area contributed by atoms with Crippen molar-refractivity contribution in [1.29, 1.82) is 0 Å². The second-order valence-corrected chi connectivity index (χ2v) is 2.79. The van der Waals surface area contributed by atoms with Gasteiger partial charge in [0.2, 0.25) is 0 Å². The minimum absolute atomic E-state index is 0.176. The molecular formula is C8H13NO. The summed E-state index contributed by atoms with van der Waals surface area (Å²) in [6.45, 7) is 3.48. The standard InChI is InChI=1S/C8H13NO/c1-3-4-7-5-9(2)6-8(7)10/h7-8,10H,5-6H2,1-2H3/t7-,8-/m1/s1. The molecule has 1 N–H and O–H groups in total. The van der Waals surface area contributed by atoms with Crippen LogP contribution in [0.25, 0.3) is 0 Å². The van der Waals surface area contributed by atoms with Gasteiger partial charge in [-0.3, -0.25) is 0 Å². The molecule has 0 aromatic carbocycles. The summed E-state index contributed by atoms with van der Waals surface area (Å²) in [6.07, 6.45) is -0.238. The van der Waals surface area contributed by atoms with Crippen LogP contribution in [0.15, 0.2) is 0 Å². The summed E-state index contributed by atoms with van der Waals surface area (Å²) >= 11 is 0. The Labute approximate surface area is 61.8 Å². The van der Waals surface area contributed by atoms with Crippen LogP contribution in [0.1, 0.15) is 6.92 Å². The molecule has 0 saturated carbocycles. The molecule has 0 unspecified atom stereocenters. The van der Waals surface area contributed by atoms with Crippen LogP contribution in [0.3, 0.4) is 0 Å². The van der Waals surface area contributed by atoms with Crippen molar-refractivity contribution < 1.29 is 5.11 Å². The molecule has 0 aromatic rings. The van der Waals surface area contributed by atoms with Crippen molar-refractivity contribution in [2.24, 2.45) is 5.92 Å². The van der Waals surface area contributed by atoms with E-state index in [1.807, 2.05) is 14.0 Å². The number of nitrogens with zero attached hydrogens (tertiary/aromatic N) is 1. The summed E-state index contributed by atoms with van der Waals surface area (Å²) < 4.78 is 0. The van der Waals surface area contributed by atoms with E-state index in [0.717, 1.165) is 13.1 Å². The topological polar surface area (TPSA) is 23.5 Å². The van der Waals surface area contributed by atoms with Gasteiger partial charge in [0.05, 0.1) is 12.0 Å². The fourth-order valence-electron chi connectivity index (χ4n) is 1.31. The lowest BCUT2D eigenvalue weighted by atomic mass is 10.1. The van der Waals surface area contributed by atoms with Gasteiger partial charge in [0.25, 0.3) is 0 Å². The molecule has 0 spiro atoms. The van der Waals surface area contributed by atoms with Crippen LogP contribution in [0.5, 0.6) is 0 Å². The Balaban J connectivity index is 2.52. The second-order valence-electron chi connectivity index (χ2n) is 2.79. The summed E-state index contributed by atoms with van der Waals surface area (Å²) in [6, 6.07) is 0. The summed E-state index contributed by atoms with van der Waals surface area (Å²) in [4.78, 5) is 2.10. The Morgan fingerprint density at radius 3 is 2.60 bits per heavy atom. The maximum absolute atomic E-state index is 9.35. The first-order chi connectivity index (χ1) is 4.74. The maximum atomic E-state index is 9.35. The van der Waals surface area contributed by atoms with Crippen LogP contribution in [-0.4, -0.2) is 36.2 Å². The molecule has 0 aliphatic carbocycles. The zero-order chi connectivity index (χ0) is 7.56. The number of likely N-dealkylation sites (N-methyl/N-ethyl adjacent to an activating group) is 1. The molecule has 0 bridgehead atoms. The quantitative estimate of drug-likeness (QED) is 0.475. The molecule has 2 atom stereocenters. The van der Waals surface area contributed by atoms with Crippen LogP contribution >= 0.6 is 0 Å². The molecule has 1 aliphatic rings. The first kappa shape index (κ1) is 7.59. The third-order valence-electron chi connectivity index (χ3n) is 1.80. The van der Waals surface area contributed by atoms with E-state index in [4.69, 9.17) is 0 Å². The van der Waals surface area contributed by atoms with Crippen LogP contribution in [0, 0.1) is 17.8 Å². The van der Waals surface area contributed by atoms with Gasteiger partial charge in [0, 0.05) is 13.1 Å². The molecule has 0 amide bonds. The van der Waals surface area contributed by atoms with Gasteiger partial charge >= 0.3 is 0 Å². The van der Waals surface area contributed by atoms with Crippen LogP contribution in [-0.2, 0) is 0 Å². The van der Waals surface area contributed by atoms with Crippen molar-refractivity contribution in [2.45, 2.75) is 13.0 Å². The number of hydrogen-bond donors (Lipinski definition) is 1. The smallest absolute Gasteiger partial charge is 0.0816 e. The molecule has 1 saturated heterocycles. The molecule has 10 heavy (non-hydrogen) atoms. The lowest BCUT2D eigenvalue weighted by Crippen LogP contribution is -2.16. The van der Waals surface area contributed by atoms with E-state index in [-0.39, 0.29) is 12.0 Å². The average molecular weight is 139 g/mol. The number of β-amino-alcohol motifs (C(OH)–C–C–N with tert-alkyl or cyclic N) is 1. The number of aliphatic hydroxyl groups is 1. The Kier molecular flexibility index (Phi) is 2.31. The highest BCUT2D eigenvalue weighted by Gasteiger charge is 2.26. The van der Waals surface area contributed by atoms with Crippen LogP contribution < -0.4 is 0 Å². The first-order valence-corrected chi connectivity index (χ1v) is 3.53. The van der Waals surface area contributed by atoms with Gasteiger partial charge in [-0.25, -0.2) is 0 Å². The van der Waals surface area contributed by atoms with Crippen molar-refractivity contribution in [1.82, 2.24) is 4.90 Å². The van der Waals surface area contributed by atoms with E-state index in [0.29, 0.717) is 0 Å². The Bertz CT molecular complexity index is 168. The fraction of sp³-hybridized carbons (Fsp3) is 0.750. The third-order valence-corrected chi connectivity index (χ3v) is 1.80. The largest absolute Gasteiger partial charge is 0.390 e.